The number of piperazine rings is 1. The minimum atomic E-state index is 0.0401. The van der Waals surface area contributed by atoms with Gasteiger partial charge in [-0.15, -0.1) is 5.10 Å². The van der Waals surface area contributed by atoms with Gasteiger partial charge in [-0.25, -0.2) is 14.3 Å². The second-order valence-corrected chi connectivity index (χ2v) is 7.53. The molecule has 1 aromatic carbocycles. The van der Waals surface area contributed by atoms with Crippen molar-refractivity contribution in [1.82, 2.24) is 29.6 Å². The average Bonchev–Trinajstić information content (AvgIpc) is 3.36. The van der Waals surface area contributed by atoms with E-state index in [0.29, 0.717) is 24.5 Å². The minimum Gasteiger partial charge on any atom is -0.380 e. The van der Waals surface area contributed by atoms with Crippen LogP contribution in [0.1, 0.15) is 0 Å². The molecule has 4 aromatic rings. The van der Waals surface area contributed by atoms with Crippen molar-refractivity contribution in [3.63, 3.8) is 0 Å². The number of rotatable bonds is 2. The van der Waals surface area contributed by atoms with Crippen molar-refractivity contribution in [3.8, 4) is 11.3 Å². The van der Waals surface area contributed by atoms with Crippen LogP contribution in [0.25, 0.3) is 27.9 Å². The summed E-state index contributed by atoms with van der Waals surface area (Å²) in [7, 11) is 3.55. The highest BCUT2D eigenvalue weighted by Crippen LogP contribution is 2.28. The molecule has 1 fully saturated rings. The van der Waals surface area contributed by atoms with Crippen molar-refractivity contribution in [2.24, 2.45) is 0 Å². The predicted octanol–water partition coefficient (Wildman–Crippen LogP) is 1.92. The molecule has 1 aliphatic heterocycles. The number of amides is 2. The number of fused-ring (bicyclic) bond motifs is 2. The third-order valence-corrected chi connectivity index (χ3v) is 5.40. The van der Waals surface area contributed by atoms with Crippen LogP contribution in [-0.4, -0.2) is 75.9 Å². The Balaban J connectivity index is 1.45. The summed E-state index contributed by atoms with van der Waals surface area (Å²) in [6, 6.07) is 9.68. The van der Waals surface area contributed by atoms with Gasteiger partial charge in [0.15, 0.2) is 17.0 Å². The summed E-state index contributed by atoms with van der Waals surface area (Å²) in [5.41, 5.74) is 9.09. The van der Waals surface area contributed by atoms with Gasteiger partial charge in [0.05, 0.1) is 17.3 Å². The van der Waals surface area contributed by atoms with Gasteiger partial charge in [0.25, 0.3) is 0 Å². The van der Waals surface area contributed by atoms with E-state index >= 15 is 0 Å². The summed E-state index contributed by atoms with van der Waals surface area (Å²) >= 11 is 0. The van der Waals surface area contributed by atoms with Crippen molar-refractivity contribution in [3.05, 3.63) is 36.5 Å². The van der Waals surface area contributed by atoms with Gasteiger partial charge in [-0.1, -0.05) is 5.16 Å². The third kappa shape index (κ3) is 2.97. The molecule has 4 heterocycles. The van der Waals surface area contributed by atoms with E-state index in [-0.39, 0.29) is 6.03 Å². The molecule has 0 saturated carbocycles. The van der Waals surface area contributed by atoms with Crippen molar-refractivity contribution < 1.29 is 9.32 Å². The number of urea groups is 1. The zero-order valence-corrected chi connectivity index (χ0v) is 16.8. The molecule has 1 aliphatic rings. The molecule has 5 rings (SSSR count). The Kier molecular flexibility index (Phi) is 4.19. The van der Waals surface area contributed by atoms with Crippen molar-refractivity contribution in [2.45, 2.75) is 0 Å². The first-order valence-corrected chi connectivity index (χ1v) is 9.72. The fraction of sp³-hybridized carbons (Fsp3) is 0.300. The fourth-order valence-electron chi connectivity index (χ4n) is 3.76. The van der Waals surface area contributed by atoms with Crippen LogP contribution in [0.2, 0.25) is 0 Å². The molecule has 0 unspecified atom stereocenters. The molecule has 0 atom stereocenters. The standard InChI is InChI=1S/C20H22N8O2/c1-25(2)20(29)27-9-7-26(8-10-27)18-6-5-17-22-12-15(28(17)23-18)13-3-4-16-14(11-13)19(21)24-30-16/h3-6,11-12H,7-10H2,1-2H3,(H2,21,24). The molecule has 0 radical (unpaired) electrons. The van der Waals surface area contributed by atoms with E-state index in [1.54, 1.807) is 25.2 Å². The predicted molar refractivity (Wildman–Crippen MR) is 113 cm³/mol. The smallest absolute Gasteiger partial charge is 0.319 e. The van der Waals surface area contributed by atoms with Gasteiger partial charge in [-0.2, -0.15) is 0 Å². The average molecular weight is 406 g/mol. The van der Waals surface area contributed by atoms with Crippen LogP contribution < -0.4 is 10.6 Å². The summed E-state index contributed by atoms with van der Waals surface area (Å²) in [5, 5.41) is 9.40. The summed E-state index contributed by atoms with van der Waals surface area (Å²) in [6.45, 7) is 2.78. The lowest BCUT2D eigenvalue weighted by Crippen LogP contribution is -2.51. The topological polar surface area (TPSA) is 109 Å². The van der Waals surface area contributed by atoms with Crippen molar-refractivity contribution in [1.29, 1.82) is 0 Å². The number of nitrogen functional groups attached to an aromatic ring is 1. The van der Waals surface area contributed by atoms with E-state index in [9.17, 15) is 4.79 Å². The molecule has 3 aromatic heterocycles. The van der Waals surface area contributed by atoms with E-state index in [4.69, 9.17) is 15.4 Å². The van der Waals surface area contributed by atoms with Crippen LogP contribution in [0.3, 0.4) is 0 Å². The van der Waals surface area contributed by atoms with Crippen LogP contribution in [-0.2, 0) is 0 Å². The maximum Gasteiger partial charge on any atom is 0.319 e. The Morgan fingerprint density at radius 1 is 1.13 bits per heavy atom. The Bertz CT molecular complexity index is 1240. The van der Waals surface area contributed by atoms with Gasteiger partial charge in [0, 0.05) is 45.8 Å². The number of nitrogens with two attached hydrogens (primary N) is 1. The Labute approximate surface area is 172 Å². The largest absolute Gasteiger partial charge is 0.380 e. The lowest BCUT2D eigenvalue weighted by molar-refractivity contribution is 0.168. The minimum absolute atomic E-state index is 0.0401. The summed E-state index contributed by atoms with van der Waals surface area (Å²) in [5.74, 6) is 1.21. The molecule has 2 N–H and O–H groups in total. The van der Waals surface area contributed by atoms with Gasteiger partial charge >= 0.3 is 6.03 Å². The SMILES string of the molecule is CN(C)C(=O)N1CCN(c2ccc3ncc(-c4ccc5onc(N)c5c4)n3n2)CC1. The first kappa shape index (κ1) is 18.2. The Morgan fingerprint density at radius 2 is 1.93 bits per heavy atom. The molecule has 1 saturated heterocycles. The van der Waals surface area contributed by atoms with E-state index in [2.05, 4.69) is 15.0 Å². The molecule has 0 spiro atoms. The lowest BCUT2D eigenvalue weighted by atomic mass is 10.1. The molecule has 2 amide bonds. The molecule has 0 bridgehead atoms. The van der Waals surface area contributed by atoms with Gasteiger partial charge in [0.1, 0.15) is 5.82 Å². The van der Waals surface area contributed by atoms with Crippen LogP contribution in [0.4, 0.5) is 16.4 Å². The van der Waals surface area contributed by atoms with Crippen LogP contribution in [0.5, 0.6) is 0 Å². The van der Waals surface area contributed by atoms with E-state index < -0.39 is 0 Å². The van der Waals surface area contributed by atoms with Crippen molar-refractivity contribution >= 4 is 34.3 Å². The van der Waals surface area contributed by atoms with Gasteiger partial charge < -0.3 is 25.0 Å². The number of benzene rings is 1. The number of carbonyl (C=O) groups is 1. The molecular formula is C20H22N8O2. The second-order valence-electron chi connectivity index (χ2n) is 7.53. The molecular weight excluding hydrogens is 384 g/mol. The van der Waals surface area contributed by atoms with Crippen LogP contribution in [0.15, 0.2) is 41.1 Å². The van der Waals surface area contributed by atoms with E-state index in [1.807, 2.05) is 39.7 Å². The van der Waals surface area contributed by atoms with Crippen molar-refractivity contribution in [2.75, 3.05) is 50.9 Å². The molecule has 10 nitrogen and oxygen atoms in total. The van der Waals surface area contributed by atoms with Crippen LogP contribution in [0, 0.1) is 0 Å². The number of anilines is 2. The Morgan fingerprint density at radius 3 is 2.70 bits per heavy atom. The highest BCUT2D eigenvalue weighted by molar-refractivity contribution is 5.90. The Hall–Kier alpha value is -3.82. The second kappa shape index (κ2) is 6.90. The quantitative estimate of drug-likeness (QED) is 0.542. The van der Waals surface area contributed by atoms with E-state index in [1.165, 1.54) is 0 Å². The number of imidazole rings is 1. The molecule has 10 heteroatoms. The van der Waals surface area contributed by atoms with Gasteiger partial charge in [-0.05, 0) is 30.3 Å². The summed E-state index contributed by atoms with van der Waals surface area (Å²) < 4.78 is 7.03. The van der Waals surface area contributed by atoms with Gasteiger partial charge in [0.2, 0.25) is 0 Å². The fourth-order valence-corrected chi connectivity index (χ4v) is 3.76. The number of hydrogen-bond donors (Lipinski definition) is 1. The normalized spacial score (nSPS) is 14.6. The first-order valence-electron chi connectivity index (χ1n) is 9.72. The maximum absolute atomic E-state index is 12.2. The summed E-state index contributed by atoms with van der Waals surface area (Å²) in [6.07, 6.45) is 1.80. The first-order chi connectivity index (χ1) is 14.5. The maximum atomic E-state index is 12.2. The zero-order chi connectivity index (χ0) is 20.8. The molecule has 30 heavy (non-hydrogen) atoms. The monoisotopic (exact) mass is 406 g/mol. The number of hydrogen-bond acceptors (Lipinski definition) is 7. The zero-order valence-electron chi connectivity index (χ0n) is 16.8. The molecule has 0 aliphatic carbocycles. The number of nitrogens with zero attached hydrogens (tertiary/aromatic N) is 7. The highest BCUT2D eigenvalue weighted by atomic mass is 16.5. The van der Waals surface area contributed by atoms with E-state index in [0.717, 1.165) is 41.2 Å². The molecule has 154 valence electrons. The van der Waals surface area contributed by atoms with Crippen LogP contribution >= 0.6 is 0 Å². The lowest BCUT2D eigenvalue weighted by Gasteiger charge is -2.36. The highest BCUT2D eigenvalue weighted by Gasteiger charge is 2.23. The van der Waals surface area contributed by atoms with Gasteiger partial charge in [-0.3, -0.25) is 0 Å². The number of aromatic nitrogens is 4. The third-order valence-electron chi connectivity index (χ3n) is 5.40. The summed E-state index contributed by atoms with van der Waals surface area (Å²) in [4.78, 5) is 22.3. The number of carbonyl (C=O) groups excluding carboxylic acids is 1.